The van der Waals surface area contributed by atoms with Crippen molar-refractivity contribution in [1.29, 1.82) is 0 Å². The van der Waals surface area contributed by atoms with Crippen LogP contribution in [0.15, 0.2) is 15.7 Å². The molecule has 0 aromatic carbocycles. The van der Waals surface area contributed by atoms with Gasteiger partial charge in [-0.15, -0.1) is 11.3 Å². The number of amides is 1. The molecule has 164 valence electrons. The molecule has 1 amide bonds. The minimum Gasteiger partial charge on any atom is -0.383 e. The van der Waals surface area contributed by atoms with Crippen LogP contribution in [0.25, 0.3) is 0 Å². The summed E-state index contributed by atoms with van der Waals surface area (Å²) >= 11 is 1.53. The van der Waals surface area contributed by atoms with Gasteiger partial charge >= 0.3 is 5.69 Å². The lowest BCUT2D eigenvalue weighted by Gasteiger charge is -2.24. The predicted molar refractivity (Wildman–Crippen MR) is 123 cm³/mol. The first-order chi connectivity index (χ1) is 14.4. The molecule has 2 aromatic heterocycles. The van der Waals surface area contributed by atoms with Crippen molar-refractivity contribution in [2.24, 2.45) is 5.92 Å². The van der Waals surface area contributed by atoms with E-state index in [0.717, 1.165) is 38.5 Å². The maximum absolute atomic E-state index is 13.5. The Morgan fingerprint density at radius 3 is 2.73 bits per heavy atom. The number of anilines is 2. The number of thiophene rings is 1. The molecule has 0 saturated heterocycles. The van der Waals surface area contributed by atoms with Crippen molar-refractivity contribution in [3.63, 3.8) is 0 Å². The van der Waals surface area contributed by atoms with Crippen LogP contribution >= 0.6 is 11.3 Å². The van der Waals surface area contributed by atoms with Crippen LogP contribution in [0.4, 0.5) is 11.5 Å². The first kappa shape index (κ1) is 22.3. The molecule has 0 fully saturated rings. The zero-order valence-electron chi connectivity index (χ0n) is 18.1. The molecule has 0 spiro atoms. The van der Waals surface area contributed by atoms with E-state index in [9.17, 15) is 14.4 Å². The number of hydrogen-bond acceptors (Lipinski definition) is 5. The van der Waals surface area contributed by atoms with Crippen molar-refractivity contribution in [3.8, 4) is 0 Å². The van der Waals surface area contributed by atoms with Crippen molar-refractivity contribution in [1.82, 2.24) is 9.55 Å². The van der Waals surface area contributed by atoms with Gasteiger partial charge in [-0.1, -0.05) is 33.6 Å². The third-order valence-electron chi connectivity index (χ3n) is 5.88. The second-order valence-corrected chi connectivity index (χ2v) is 9.17. The van der Waals surface area contributed by atoms with Gasteiger partial charge in [0.2, 0.25) is 0 Å². The highest BCUT2D eigenvalue weighted by Gasteiger charge is 2.28. The van der Waals surface area contributed by atoms with Crippen LogP contribution in [0.2, 0.25) is 0 Å². The molecule has 3 N–H and O–H groups in total. The first-order valence-corrected chi connectivity index (χ1v) is 11.8. The average molecular weight is 433 g/mol. The minimum absolute atomic E-state index is 0.0578. The van der Waals surface area contributed by atoms with Crippen molar-refractivity contribution < 1.29 is 4.79 Å². The van der Waals surface area contributed by atoms with Gasteiger partial charge in [0.25, 0.3) is 11.5 Å². The third kappa shape index (κ3) is 4.38. The van der Waals surface area contributed by atoms with E-state index in [2.05, 4.69) is 11.9 Å². The molecule has 7 nitrogen and oxygen atoms in total. The number of nitrogens with zero attached hydrogens (tertiary/aromatic N) is 2. The Morgan fingerprint density at radius 1 is 1.30 bits per heavy atom. The second-order valence-electron chi connectivity index (χ2n) is 8.03. The molecule has 0 unspecified atom stereocenters. The van der Waals surface area contributed by atoms with Crippen LogP contribution in [-0.2, 0) is 19.4 Å². The van der Waals surface area contributed by atoms with Crippen molar-refractivity contribution in [2.75, 3.05) is 17.2 Å². The molecule has 30 heavy (non-hydrogen) atoms. The zero-order chi connectivity index (χ0) is 21.8. The van der Waals surface area contributed by atoms with Gasteiger partial charge in [-0.3, -0.25) is 24.0 Å². The number of aromatic nitrogens is 2. The van der Waals surface area contributed by atoms with E-state index in [1.165, 1.54) is 31.2 Å². The number of aromatic amines is 1. The van der Waals surface area contributed by atoms with Gasteiger partial charge in [0.05, 0.1) is 4.88 Å². The number of fused-ring (bicyclic) bond motifs is 1. The van der Waals surface area contributed by atoms with Gasteiger partial charge in [-0.25, -0.2) is 4.79 Å². The quantitative estimate of drug-likeness (QED) is 0.666. The molecular formula is C22H32N4O3S. The zero-order valence-corrected chi connectivity index (χ0v) is 18.9. The molecule has 0 saturated carbocycles. The minimum atomic E-state index is -0.610. The summed E-state index contributed by atoms with van der Waals surface area (Å²) in [7, 11) is 0. The first-order valence-electron chi connectivity index (χ1n) is 11.0. The Hall–Kier alpha value is -2.35. The number of nitrogens with two attached hydrogens (primary N) is 1. The van der Waals surface area contributed by atoms with Crippen LogP contribution in [0, 0.1) is 5.92 Å². The summed E-state index contributed by atoms with van der Waals surface area (Å²) in [5.74, 6) is 0.513. The predicted octanol–water partition coefficient (Wildman–Crippen LogP) is 3.55. The summed E-state index contributed by atoms with van der Waals surface area (Å²) in [4.78, 5) is 44.1. The Balaban J connectivity index is 2.03. The van der Waals surface area contributed by atoms with Gasteiger partial charge in [0, 0.05) is 18.0 Å². The van der Waals surface area contributed by atoms with Gasteiger partial charge in [-0.05, 0) is 49.7 Å². The number of aryl methyl sites for hydroxylation is 1. The molecule has 3 rings (SSSR count). The van der Waals surface area contributed by atoms with Crippen molar-refractivity contribution in [2.45, 2.75) is 72.3 Å². The van der Waals surface area contributed by atoms with Gasteiger partial charge in [0.15, 0.2) is 5.69 Å². The van der Waals surface area contributed by atoms with E-state index in [1.807, 2.05) is 19.9 Å². The number of carbonyl (C=O) groups is 1. The molecular weight excluding hydrogens is 400 g/mol. The maximum Gasteiger partial charge on any atom is 0.330 e. The van der Waals surface area contributed by atoms with E-state index in [0.29, 0.717) is 30.3 Å². The van der Waals surface area contributed by atoms with Crippen LogP contribution < -0.4 is 21.9 Å². The summed E-state index contributed by atoms with van der Waals surface area (Å²) in [6.07, 6.45) is 6.61. The van der Waals surface area contributed by atoms with Gasteiger partial charge in [0.1, 0.15) is 5.82 Å². The average Bonchev–Trinajstić information content (AvgIpc) is 3.16. The number of carbonyl (C=O) groups excluding carboxylic acids is 1. The number of H-pyrrole nitrogens is 1. The lowest BCUT2D eigenvalue weighted by molar-refractivity contribution is 0.0990. The highest BCUT2D eigenvalue weighted by Crippen LogP contribution is 2.34. The molecule has 0 bridgehead atoms. The van der Waals surface area contributed by atoms with Crippen LogP contribution in [0.5, 0.6) is 0 Å². The van der Waals surface area contributed by atoms with Crippen molar-refractivity contribution >= 4 is 28.7 Å². The molecule has 1 aliphatic rings. The third-order valence-corrected chi connectivity index (χ3v) is 7.11. The molecule has 1 atom stereocenters. The van der Waals surface area contributed by atoms with E-state index < -0.39 is 11.2 Å². The fraction of sp³-hybridized carbons (Fsp3) is 0.591. The maximum atomic E-state index is 13.5. The normalized spacial score (nSPS) is 15.8. The van der Waals surface area contributed by atoms with E-state index in [1.54, 1.807) is 0 Å². The fourth-order valence-electron chi connectivity index (χ4n) is 4.10. The lowest BCUT2D eigenvalue weighted by atomic mass is 9.87. The van der Waals surface area contributed by atoms with E-state index in [4.69, 9.17) is 5.73 Å². The van der Waals surface area contributed by atoms with Gasteiger partial charge < -0.3 is 5.73 Å². The topological polar surface area (TPSA) is 101 Å². The van der Waals surface area contributed by atoms with Crippen LogP contribution in [0.1, 0.15) is 73.0 Å². The van der Waals surface area contributed by atoms with Gasteiger partial charge in [-0.2, -0.15) is 0 Å². The number of nitrogens with one attached hydrogen (secondary N) is 1. The number of unbranched alkanes of at least 4 members (excludes halogenated alkanes) is 1. The molecule has 0 radical (unpaired) electrons. The number of rotatable bonds is 8. The van der Waals surface area contributed by atoms with Crippen LogP contribution in [0.3, 0.4) is 0 Å². The number of hydrogen-bond donors (Lipinski definition) is 2. The summed E-state index contributed by atoms with van der Waals surface area (Å²) in [6, 6.07) is 2.00. The lowest BCUT2D eigenvalue weighted by Crippen LogP contribution is -2.41. The number of nitrogen functional groups attached to an aromatic ring is 1. The largest absolute Gasteiger partial charge is 0.383 e. The standard InChI is InChI=1S/C22H32N4O3S/c1-4-7-11-25(18-19(23)26(10-5-2)22(29)24-20(18)27)21(28)17-13-15-12-14(6-3)8-9-16(15)30-17/h13-14H,4-12,23H2,1-3H3,(H,24,27,29)/t14-/m1/s1. The second kappa shape index (κ2) is 9.64. The summed E-state index contributed by atoms with van der Waals surface area (Å²) < 4.78 is 1.34. The highest BCUT2D eigenvalue weighted by atomic mass is 32.1. The van der Waals surface area contributed by atoms with Crippen molar-refractivity contribution in [3.05, 3.63) is 42.2 Å². The molecule has 2 heterocycles. The summed E-state index contributed by atoms with van der Waals surface area (Å²) in [5, 5.41) is 0. The Bertz CT molecular complexity index is 1020. The molecule has 1 aliphatic carbocycles. The molecule has 8 heteroatoms. The Morgan fingerprint density at radius 2 is 2.07 bits per heavy atom. The summed E-state index contributed by atoms with van der Waals surface area (Å²) in [5.41, 5.74) is 6.44. The van der Waals surface area contributed by atoms with E-state index in [-0.39, 0.29) is 17.4 Å². The monoisotopic (exact) mass is 432 g/mol. The highest BCUT2D eigenvalue weighted by molar-refractivity contribution is 7.14. The molecule has 2 aromatic rings. The molecule has 0 aliphatic heterocycles. The Labute approximate surface area is 180 Å². The SMILES string of the molecule is CCCCN(C(=O)c1cc2c(s1)CC[C@@H](CC)C2)c1c(N)n(CCC)c(=O)[nH]c1=O. The summed E-state index contributed by atoms with van der Waals surface area (Å²) in [6.45, 7) is 6.93. The fourth-order valence-corrected chi connectivity index (χ4v) is 5.26. The van der Waals surface area contributed by atoms with Crippen LogP contribution in [-0.4, -0.2) is 22.0 Å². The van der Waals surface area contributed by atoms with E-state index >= 15 is 0 Å². The smallest absolute Gasteiger partial charge is 0.330 e. The Kier molecular flexibility index (Phi) is 7.18.